The standard InChI is InChI=1S/C37H44N6O5S/c1-22-7-12-26(13-8-22)49(46,47)43-29-14-9-23(2)33(34(29)24(3)40-43)35-38-28-15-17-41(32(45)19-30(44)25-10-11-25)20-27(28)36(39-35)42-18-16-31(48-6)37(4,5)21-42/h7-9,12-14,25,31H,10-11,15-21H2,1-6H3. The van der Waals surface area contributed by atoms with Crippen molar-refractivity contribution in [2.24, 2.45) is 11.3 Å². The van der Waals surface area contributed by atoms with Crippen molar-refractivity contribution in [3.63, 3.8) is 0 Å². The van der Waals surface area contributed by atoms with E-state index in [0.29, 0.717) is 55.0 Å². The van der Waals surface area contributed by atoms with Crippen molar-refractivity contribution in [2.75, 3.05) is 31.6 Å². The molecule has 7 rings (SSSR count). The lowest BCUT2D eigenvalue weighted by molar-refractivity contribution is -0.136. The number of ether oxygens (including phenoxy) is 1. The normalized spacial score (nSPS) is 19.3. The van der Waals surface area contributed by atoms with E-state index in [1.54, 1.807) is 42.3 Å². The van der Waals surface area contributed by atoms with E-state index in [2.05, 4.69) is 23.8 Å². The number of rotatable bonds is 8. The van der Waals surface area contributed by atoms with Crippen molar-refractivity contribution in [3.8, 4) is 11.4 Å². The molecule has 1 saturated heterocycles. The highest BCUT2D eigenvalue weighted by atomic mass is 32.2. The molecule has 2 aromatic heterocycles. The molecule has 2 aliphatic heterocycles. The summed E-state index contributed by atoms with van der Waals surface area (Å²) in [5.74, 6) is 1.20. The number of aromatic nitrogens is 4. The summed E-state index contributed by atoms with van der Waals surface area (Å²) < 4.78 is 34.7. The molecule has 4 aromatic rings. The molecule has 4 heterocycles. The van der Waals surface area contributed by atoms with E-state index in [1.165, 1.54) is 0 Å². The first kappa shape index (κ1) is 33.3. The Kier molecular flexibility index (Phi) is 8.38. The van der Waals surface area contributed by atoms with Gasteiger partial charge in [-0.25, -0.2) is 9.97 Å². The number of methoxy groups -OCH3 is 1. The van der Waals surface area contributed by atoms with Gasteiger partial charge in [-0.2, -0.15) is 17.6 Å². The Morgan fingerprint density at radius 3 is 2.39 bits per heavy atom. The number of benzene rings is 2. The van der Waals surface area contributed by atoms with Gasteiger partial charge in [-0.3, -0.25) is 9.59 Å². The second-order valence-electron chi connectivity index (χ2n) is 14.6. The molecule has 1 unspecified atom stereocenters. The highest BCUT2D eigenvalue weighted by Gasteiger charge is 2.39. The summed E-state index contributed by atoms with van der Waals surface area (Å²) in [5, 5.41) is 5.26. The summed E-state index contributed by atoms with van der Waals surface area (Å²) >= 11 is 0. The Bertz CT molecular complexity index is 2080. The summed E-state index contributed by atoms with van der Waals surface area (Å²) in [6, 6.07) is 10.5. The van der Waals surface area contributed by atoms with Crippen LogP contribution in [-0.4, -0.2) is 77.0 Å². The Balaban J connectivity index is 1.34. The second kappa shape index (κ2) is 12.3. The Morgan fingerprint density at radius 1 is 0.980 bits per heavy atom. The maximum Gasteiger partial charge on any atom is 0.283 e. The summed E-state index contributed by atoms with van der Waals surface area (Å²) in [6.45, 7) is 12.3. The molecule has 1 saturated carbocycles. The topological polar surface area (TPSA) is 128 Å². The van der Waals surface area contributed by atoms with Crippen LogP contribution in [0.3, 0.4) is 0 Å². The summed E-state index contributed by atoms with van der Waals surface area (Å²) in [4.78, 5) is 40.5. The minimum atomic E-state index is -3.98. The lowest BCUT2D eigenvalue weighted by atomic mass is 9.81. The first-order valence-corrected chi connectivity index (χ1v) is 18.5. The highest BCUT2D eigenvalue weighted by Crippen LogP contribution is 2.40. The van der Waals surface area contributed by atoms with E-state index in [4.69, 9.17) is 14.7 Å². The van der Waals surface area contributed by atoms with E-state index in [-0.39, 0.29) is 40.4 Å². The van der Waals surface area contributed by atoms with E-state index in [9.17, 15) is 18.0 Å². The van der Waals surface area contributed by atoms with Crippen LogP contribution in [0.4, 0.5) is 5.82 Å². The number of piperidine rings is 1. The zero-order chi connectivity index (χ0) is 34.8. The fourth-order valence-corrected chi connectivity index (χ4v) is 8.81. The molecule has 0 radical (unpaired) electrons. The van der Waals surface area contributed by atoms with Gasteiger partial charge in [0, 0.05) is 61.0 Å². The minimum absolute atomic E-state index is 0.0369. The molecule has 258 valence electrons. The number of aryl methyl sites for hydroxylation is 3. The molecule has 1 amide bonds. The number of ketones is 1. The van der Waals surface area contributed by atoms with Crippen LogP contribution in [0.2, 0.25) is 0 Å². The average molecular weight is 685 g/mol. The predicted molar refractivity (Wildman–Crippen MR) is 187 cm³/mol. The van der Waals surface area contributed by atoms with Gasteiger partial charge < -0.3 is 14.5 Å². The molecule has 12 heteroatoms. The monoisotopic (exact) mass is 684 g/mol. The van der Waals surface area contributed by atoms with Crippen molar-refractivity contribution >= 4 is 38.4 Å². The van der Waals surface area contributed by atoms with Crippen molar-refractivity contribution in [1.82, 2.24) is 24.1 Å². The van der Waals surface area contributed by atoms with Crippen molar-refractivity contribution < 1.29 is 22.7 Å². The fourth-order valence-electron chi connectivity index (χ4n) is 7.49. The van der Waals surface area contributed by atoms with E-state index in [0.717, 1.165) is 57.1 Å². The van der Waals surface area contributed by atoms with Crippen molar-refractivity contribution in [3.05, 3.63) is 64.5 Å². The van der Waals surface area contributed by atoms with Crippen LogP contribution < -0.4 is 4.90 Å². The van der Waals surface area contributed by atoms with Gasteiger partial charge in [0.1, 0.15) is 11.6 Å². The van der Waals surface area contributed by atoms with Crippen LogP contribution in [0.15, 0.2) is 41.3 Å². The van der Waals surface area contributed by atoms with E-state index < -0.39 is 10.0 Å². The number of fused-ring (bicyclic) bond motifs is 2. The number of amides is 1. The third kappa shape index (κ3) is 6.03. The van der Waals surface area contributed by atoms with Gasteiger partial charge in [-0.05, 0) is 63.8 Å². The molecule has 0 N–H and O–H groups in total. The number of carbonyl (C=O) groups is 2. The number of carbonyl (C=O) groups excluding carboxylic acids is 2. The Labute approximate surface area is 287 Å². The minimum Gasteiger partial charge on any atom is -0.381 e. The molecule has 1 aliphatic carbocycles. The molecule has 49 heavy (non-hydrogen) atoms. The molecule has 2 aromatic carbocycles. The number of anilines is 1. The van der Waals surface area contributed by atoms with Gasteiger partial charge in [-0.1, -0.05) is 37.6 Å². The lowest BCUT2D eigenvalue weighted by Gasteiger charge is -2.45. The third-order valence-electron chi connectivity index (χ3n) is 10.4. The molecular formula is C37H44N6O5S. The van der Waals surface area contributed by atoms with Crippen LogP contribution in [-0.2, 0) is 37.3 Å². The van der Waals surface area contributed by atoms with Gasteiger partial charge >= 0.3 is 0 Å². The third-order valence-corrected chi connectivity index (χ3v) is 12.0. The zero-order valence-electron chi connectivity index (χ0n) is 29.1. The van der Waals surface area contributed by atoms with Gasteiger partial charge in [0.2, 0.25) is 5.91 Å². The predicted octanol–water partition coefficient (Wildman–Crippen LogP) is 5.16. The van der Waals surface area contributed by atoms with Crippen LogP contribution in [0, 0.1) is 32.1 Å². The smallest absolute Gasteiger partial charge is 0.283 e. The SMILES string of the molecule is COC1CCN(c2nc(-c3c(C)ccc4c3c(C)nn4S(=O)(=O)c3ccc(C)cc3)nc3c2CN(C(=O)CC(=O)C2CC2)CC3)CC1(C)C. The number of hydrogen-bond donors (Lipinski definition) is 0. The van der Waals surface area contributed by atoms with E-state index in [1.807, 2.05) is 26.8 Å². The quantitative estimate of drug-likeness (QED) is 0.231. The van der Waals surface area contributed by atoms with Gasteiger partial charge in [0.05, 0.1) is 40.9 Å². The largest absolute Gasteiger partial charge is 0.381 e. The van der Waals surface area contributed by atoms with Gasteiger partial charge in [-0.15, -0.1) is 0 Å². The second-order valence-corrected chi connectivity index (χ2v) is 16.4. The van der Waals surface area contributed by atoms with Gasteiger partial charge in [0.15, 0.2) is 5.82 Å². The maximum absolute atomic E-state index is 13.9. The lowest BCUT2D eigenvalue weighted by Crippen LogP contribution is -2.50. The van der Waals surface area contributed by atoms with Crippen molar-refractivity contribution in [2.45, 2.75) is 84.3 Å². The summed E-state index contributed by atoms with van der Waals surface area (Å²) in [5.41, 5.74) is 5.22. The number of hydrogen-bond acceptors (Lipinski definition) is 9. The number of nitrogens with zero attached hydrogens (tertiary/aromatic N) is 6. The van der Waals surface area contributed by atoms with E-state index >= 15 is 0 Å². The number of Topliss-reactive ketones (excluding diaryl/α,β-unsaturated/α-hetero) is 1. The molecular weight excluding hydrogens is 641 g/mol. The van der Waals surface area contributed by atoms with Crippen molar-refractivity contribution in [1.29, 1.82) is 0 Å². The molecule has 11 nitrogen and oxygen atoms in total. The summed E-state index contributed by atoms with van der Waals surface area (Å²) in [7, 11) is -2.22. The zero-order valence-corrected chi connectivity index (χ0v) is 29.9. The Hall–Kier alpha value is -4.16. The molecule has 2 fully saturated rings. The molecule has 3 aliphatic rings. The van der Waals surface area contributed by atoms with Crippen LogP contribution in [0.25, 0.3) is 22.3 Å². The first-order chi connectivity index (χ1) is 23.3. The van der Waals surface area contributed by atoms with Crippen LogP contribution in [0.1, 0.15) is 67.6 Å². The maximum atomic E-state index is 13.9. The molecule has 0 spiro atoms. The highest BCUT2D eigenvalue weighted by molar-refractivity contribution is 7.90. The van der Waals surface area contributed by atoms with Crippen LogP contribution >= 0.6 is 0 Å². The average Bonchev–Trinajstić information content (AvgIpc) is 3.87. The summed E-state index contributed by atoms with van der Waals surface area (Å²) in [6.07, 6.45) is 3.13. The van der Waals surface area contributed by atoms with Gasteiger partial charge in [0.25, 0.3) is 10.0 Å². The first-order valence-electron chi connectivity index (χ1n) is 17.1. The Morgan fingerprint density at radius 2 is 1.71 bits per heavy atom. The molecule has 0 bridgehead atoms. The molecule has 1 atom stereocenters. The fraction of sp³-hybridized carbons (Fsp3) is 0.486. The van der Waals surface area contributed by atoms with Crippen LogP contribution in [0.5, 0.6) is 0 Å².